The first kappa shape index (κ1) is 13.6. The first-order chi connectivity index (χ1) is 8.66. The average Bonchev–Trinajstić information content (AvgIpc) is 2.41. The molecule has 0 spiro atoms. The number of nitrogens with one attached hydrogen (secondary N) is 1. The van der Waals surface area contributed by atoms with Gasteiger partial charge in [-0.3, -0.25) is 0 Å². The van der Waals surface area contributed by atoms with Crippen molar-refractivity contribution in [3.63, 3.8) is 0 Å². The summed E-state index contributed by atoms with van der Waals surface area (Å²) in [6.45, 7) is 4.86. The molecule has 0 heterocycles. The molecule has 0 aliphatic heterocycles. The maximum absolute atomic E-state index is 4.11. The molecule has 1 N–H and O–H groups in total. The van der Waals surface area contributed by atoms with Crippen molar-refractivity contribution < 1.29 is 0 Å². The molecule has 0 bridgehead atoms. The van der Waals surface area contributed by atoms with Crippen molar-refractivity contribution in [2.45, 2.75) is 0 Å². The Morgan fingerprint density at radius 1 is 1.17 bits per heavy atom. The Balaban J connectivity index is 1.99. The predicted octanol–water partition coefficient (Wildman–Crippen LogP) is 5.18. The van der Waals surface area contributed by atoms with E-state index in [1.54, 1.807) is 0 Å². The molecule has 18 heavy (non-hydrogen) atoms. The number of anilines is 1. The third-order valence-corrected chi connectivity index (χ3v) is 4.93. The molecule has 0 radical (unpaired) electrons. The van der Waals surface area contributed by atoms with E-state index in [0.29, 0.717) is 0 Å². The molecule has 2 aromatic carbocycles. The lowest BCUT2D eigenvalue weighted by atomic mass is 10.1. The molecule has 0 saturated heterocycles. The van der Waals surface area contributed by atoms with Crippen LogP contribution in [0.2, 0.25) is 0 Å². The van der Waals surface area contributed by atoms with Gasteiger partial charge in [0.25, 0.3) is 0 Å². The predicted molar refractivity (Wildman–Crippen MR) is 90.8 cm³/mol. The van der Waals surface area contributed by atoms with Gasteiger partial charge in [-0.2, -0.15) is 0 Å². The molecule has 0 saturated carbocycles. The van der Waals surface area contributed by atoms with Crippen LogP contribution in [0.25, 0.3) is 5.57 Å². The second kappa shape index (κ2) is 6.38. The van der Waals surface area contributed by atoms with Crippen molar-refractivity contribution in [3.05, 3.63) is 68.7 Å². The largest absolute Gasteiger partial charge is 0.381 e. The monoisotopic (exact) mass is 413 g/mol. The second-order valence-electron chi connectivity index (χ2n) is 3.95. The van der Waals surface area contributed by atoms with Crippen LogP contribution in [0.1, 0.15) is 5.56 Å². The number of halogens is 2. The summed E-state index contributed by atoms with van der Waals surface area (Å²) < 4.78 is 2.32. The Labute approximate surface area is 130 Å². The Bertz CT molecular complexity index is 552. The van der Waals surface area contributed by atoms with Crippen LogP contribution in [0.5, 0.6) is 0 Å². The quantitative estimate of drug-likeness (QED) is 0.681. The van der Waals surface area contributed by atoms with Gasteiger partial charge in [-0.15, -0.1) is 0 Å². The van der Waals surface area contributed by atoms with Crippen molar-refractivity contribution in [1.82, 2.24) is 0 Å². The second-order valence-corrected chi connectivity index (χ2v) is 5.97. The van der Waals surface area contributed by atoms with Gasteiger partial charge in [0.05, 0.1) is 0 Å². The summed E-state index contributed by atoms with van der Waals surface area (Å²) in [4.78, 5) is 0. The maximum atomic E-state index is 4.11. The summed E-state index contributed by atoms with van der Waals surface area (Å²) >= 11 is 5.80. The SMILES string of the molecule is C=C(CNc1ccc(Br)c(I)c1)c1ccccc1. The lowest BCUT2D eigenvalue weighted by molar-refractivity contribution is 1.34. The zero-order chi connectivity index (χ0) is 13.0. The molecule has 3 heteroatoms. The van der Waals surface area contributed by atoms with Crippen LogP contribution in [0.15, 0.2) is 59.6 Å². The molecule has 0 aliphatic carbocycles. The smallest absolute Gasteiger partial charge is 0.0400 e. The normalized spacial score (nSPS) is 10.1. The number of benzene rings is 2. The van der Waals surface area contributed by atoms with Gasteiger partial charge in [-0.05, 0) is 67.9 Å². The highest BCUT2D eigenvalue weighted by molar-refractivity contribution is 14.1. The summed E-state index contributed by atoms with van der Waals surface area (Å²) in [5.74, 6) is 0. The van der Waals surface area contributed by atoms with E-state index in [-0.39, 0.29) is 0 Å². The molecule has 0 amide bonds. The summed E-state index contributed by atoms with van der Waals surface area (Å²) in [6.07, 6.45) is 0. The zero-order valence-electron chi connectivity index (χ0n) is 9.79. The average molecular weight is 414 g/mol. The fourth-order valence-electron chi connectivity index (χ4n) is 1.59. The van der Waals surface area contributed by atoms with E-state index in [9.17, 15) is 0 Å². The fourth-order valence-corrected chi connectivity index (χ4v) is 2.35. The zero-order valence-corrected chi connectivity index (χ0v) is 13.5. The standard InChI is InChI=1S/C15H13BrIN/c1-11(12-5-3-2-4-6-12)10-18-13-7-8-14(16)15(17)9-13/h2-9,18H,1,10H2. The lowest BCUT2D eigenvalue weighted by Crippen LogP contribution is -2.03. The van der Waals surface area contributed by atoms with E-state index in [1.807, 2.05) is 18.2 Å². The van der Waals surface area contributed by atoms with E-state index in [0.717, 1.165) is 22.3 Å². The van der Waals surface area contributed by atoms with E-state index in [2.05, 4.69) is 80.7 Å². The van der Waals surface area contributed by atoms with Gasteiger partial charge >= 0.3 is 0 Å². The molecule has 0 unspecified atom stereocenters. The van der Waals surface area contributed by atoms with Gasteiger partial charge in [0.1, 0.15) is 0 Å². The van der Waals surface area contributed by atoms with Crippen molar-refractivity contribution in [3.8, 4) is 0 Å². The molecule has 92 valence electrons. The molecule has 0 aromatic heterocycles. The van der Waals surface area contributed by atoms with E-state index < -0.39 is 0 Å². The minimum atomic E-state index is 0.752. The molecule has 0 fully saturated rings. The Hall–Kier alpha value is -0.810. The number of rotatable bonds is 4. The van der Waals surface area contributed by atoms with Gasteiger partial charge in [0.2, 0.25) is 0 Å². The highest BCUT2D eigenvalue weighted by Gasteiger charge is 2.00. The molecule has 2 rings (SSSR count). The molecule has 0 atom stereocenters. The van der Waals surface area contributed by atoms with Crippen molar-refractivity contribution in [2.75, 3.05) is 11.9 Å². The van der Waals surface area contributed by atoms with E-state index in [1.165, 1.54) is 9.13 Å². The summed E-state index contributed by atoms with van der Waals surface area (Å²) in [5.41, 5.74) is 3.38. The van der Waals surface area contributed by atoms with Crippen LogP contribution >= 0.6 is 38.5 Å². The highest BCUT2D eigenvalue weighted by Crippen LogP contribution is 2.23. The molecule has 0 aliphatic rings. The maximum Gasteiger partial charge on any atom is 0.0400 e. The third-order valence-electron chi connectivity index (χ3n) is 2.61. The van der Waals surface area contributed by atoms with Gasteiger partial charge < -0.3 is 5.32 Å². The van der Waals surface area contributed by atoms with Gasteiger partial charge in [0, 0.05) is 20.3 Å². The van der Waals surface area contributed by atoms with Crippen LogP contribution in [-0.4, -0.2) is 6.54 Å². The molecular weight excluding hydrogens is 401 g/mol. The minimum Gasteiger partial charge on any atom is -0.381 e. The first-order valence-electron chi connectivity index (χ1n) is 5.59. The molecular formula is C15H13BrIN. The van der Waals surface area contributed by atoms with Crippen LogP contribution in [0.4, 0.5) is 5.69 Å². The first-order valence-corrected chi connectivity index (χ1v) is 7.46. The Kier molecular flexibility index (Phi) is 4.83. The fraction of sp³-hybridized carbons (Fsp3) is 0.0667. The van der Waals surface area contributed by atoms with Crippen LogP contribution in [0, 0.1) is 3.57 Å². The topological polar surface area (TPSA) is 12.0 Å². The van der Waals surface area contributed by atoms with Gasteiger partial charge in [-0.1, -0.05) is 36.9 Å². The Morgan fingerprint density at radius 3 is 2.56 bits per heavy atom. The van der Waals surface area contributed by atoms with E-state index >= 15 is 0 Å². The van der Waals surface area contributed by atoms with Crippen LogP contribution in [0.3, 0.4) is 0 Å². The minimum absolute atomic E-state index is 0.752. The summed E-state index contributed by atoms with van der Waals surface area (Å²) in [7, 11) is 0. The number of hydrogen-bond acceptors (Lipinski definition) is 1. The molecule has 1 nitrogen and oxygen atoms in total. The third kappa shape index (κ3) is 3.59. The Morgan fingerprint density at radius 2 is 1.89 bits per heavy atom. The van der Waals surface area contributed by atoms with Crippen LogP contribution < -0.4 is 5.32 Å². The van der Waals surface area contributed by atoms with Crippen LogP contribution in [-0.2, 0) is 0 Å². The van der Waals surface area contributed by atoms with Gasteiger partial charge in [0.15, 0.2) is 0 Å². The van der Waals surface area contributed by atoms with Crippen molar-refractivity contribution >= 4 is 49.8 Å². The summed E-state index contributed by atoms with van der Waals surface area (Å²) in [6, 6.07) is 16.5. The van der Waals surface area contributed by atoms with Crippen molar-refractivity contribution in [1.29, 1.82) is 0 Å². The molecule has 2 aromatic rings. The lowest BCUT2D eigenvalue weighted by Gasteiger charge is -2.10. The highest BCUT2D eigenvalue weighted by atomic mass is 127. The number of hydrogen-bond donors (Lipinski definition) is 1. The van der Waals surface area contributed by atoms with Crippen molar-refractivity contribution in [2.24, 2.45) is 0 Å². The summed E-state index contributed by atoms with van der Waals surface area (Å²) in [5, 5.41) is 3.39. The van der Waals surface area contributed by atoms with Gasteiger partial charge in [-0.25, -0.2) is 0 Å². The van der Waals surface area contributed by atoms with E-state index in [4.69, 9.17) is 0 Å².